The molecule has 0 spiro atoms. The van der Waals surface area contributed by atoms with Crippen LogP contribution in [0.1, 0.15) is 31.5 Å². The molecule has 1 heterocycles. The van der Waals surface area contributed by atoms with Gasteiger partial charge in [0.2, 0.25) is 0 Å². The minimum Gasteiger partial charge on any atom is -0.248 e. The number of aromatic nitrogens is 1. The zero-order valence-corrected chi connectivity index (χ0v) is 10.2. The first-order chi connectivity index (χ1) is 8.24. The van der Waals surface area contributed by atoms with Crippen LogP contribution in [0.25, 0.3) is 17.0 Å². The summed E-state index contributed by atoms with van der Waals surface area (Å²) in [6.45, 7) is 4.19. The summed E-state index contributed by atoms with van der Waals surface area (Å²) in [5.74, 6) is -0.236. The van der Waals surface area contributed by atoms with Gasteiger partial charge in [-0.15, -0.1) is 0 Å². The maximum atomic E-state index is 13.1. The van der Waals surface area contributed by atoms with Gasteiger partial charge in [0.25, 0.3) is 0 Å². The standard InChI is InChI=1S/C15H16FN/c1-3-5-6-14-11(4-2)9-12-7-8-13(16)10-15(12)17-14/h5-10H,3-4H2,1-2H3/b6-5+. The molecule has 0 unspecified atom stereocenters. The Kier molecular flexibility index (Phi) is 3.52. The summed E-state index contributed by atoms with van der Waals surface area (Å²) in [7, 11) is 0. The molecule has 1 aromatic carbocycles. The smallest absolute Gasteiger partial charge is 0.125 e. The quantitative estimate of drug-likeness (QED) is 0.762. The average molecular weight is 229 g/mol. The lowest BCUT2D eigenvalue weighted by Gasteiger charge is -2.06. The molecule has 0 saturated heterocycles. The first-order valence-electron chi connectivity index (χ1n) is 6.00. The van der Waals surface area contributed by atoms with Crippen LogP contribution < -0.4 is 0 Å². The van der Waals surface area contributed by atoms with Crippen LogP contribution in [0.3, 0.4) is 0 Å². The van der Waals surface area contributed by atoms with Gasteiger partial charge in [-0.3, -0.25) is 0 Å². The summed E-state index contributed by atoms with van der Waals surface area (Å²) < 4.78 is 13.1. The number of rotatable bonds is 3. The molecule has 0 aliphatic heterocycles. The van der Waals surface area contributed by atoms with Gasteiger partial charge in [0.05, 0.1) is 11.2 Å². The average Bonchev–Trinajstić information content (AvgIpc) is 2.35. The van der Waals surface area contributed by atoms with Crippen LogP contribution in [-0.4, -0.2) is 4.98 Å². The maximum absolute atomic E-state index is 13.1. The fraction of sp³-hybridized carbons (Fsp3) is 0.267. The van der Waals surface area contributed by atoms with Crippen LogP contribution in [0, 0.1) is 5.82 Å². The van der Waals surface area contributed by atoms with Crippen LogP contribution in [-0.2, 0) is 6.42 Å². The van der Waals surface area contributed by atoms with Crippen molar-refractivity contribution in [1.29, 1.82) is 0 Å². The van der Waals surface area contributed by atoms with Gasteiger partial charge in [-0.25, -0.2) is 9.37 Å². The van der Waals surface area contributed by atoms with E-state index in [9.17, 15) is 4.39 Å². The van der Waals surface area contributed by atoms with Gasteiger partial charge in [-0.1, -0.05) is 19.9 Å². The van der Waals surface area contributed by atoms with Crippen molar-refractivity contribution < 1.29 is 4.39 Å². The van der Waals surface area contributed by atoms with Gasteiger partial charge in [0, 0.05) is 11.5 Å². The predicted octanol–water partition coefficient (Wildman–Crippen LogP) is 4.36. The molecule has 2 aromatic rings. The number of pyridine rings is 1. The maximum Gasteiger partial charge on any atom is 0.125 e. The molecule has 17 heavy (non-hydrogen) atoms. The van der Waals surface area contributed by atoms with Crippen LogP contribution in [0.5, 0.6) is 0 Å². The number of hydrogen-bond donors (Lipinski definition) is 0. The van der Waals surface area contributed by atoms with Crippen molar-refractivity contribution in [3.05, 3.63) is 47.4 Å². The van der Waals surface area contributed by atoms with Crippen LogP contribution >= 0.6 is 0 Å². The summed E-state index contributed by atoms with van der Waals surface area (Å²) in [6.07, 6.45) is 6.01. The highest BCUT2D eigenvalue weighted by atomic mass is 19.1. The molecule has 0 aliphatic rings. The molecule has 0 bridgehead atoms. The first kappa shape index (κ1) is 11.8. The molecule has 0 radical (unpaired) electrons. The Morgan fingerprint density at radius 1 is 1.24 bits per heavy atom. The lowest BCUT2D eigenvalue weighted by Crippen LogP contribution is -1.93. The molecule has 2 rings (SSSR count). The largest absolute Gasteiger partial charge is 0.248 e. The van der Waals surface area contributed by atoms with E-state index in [0.717, 1.165) is 29.4 Å². The summed E-state index contributed by atoms with van der Waals surface area (Å²) in [5.41, 5.74) is 2.87. The van der Waals surface area contributed by atoms with E-state index in [1.807, 2.05) is 6.08 Å². The van der Waals surface area contributed by atoms with Crippen molar-refractivity contribution in [3.63, 3.8) is 0 Å². The van der Waals surface area contributed by atoms with Gasteiger partial charge in [0.1, 0.15) is 5.82 Å². The van der Waals surface area contributed by atoms with Crippen molar-refractivity contribution in [2.75, 3.05) is 0 Å². The fourth-order valence-electron chi connectivity index (χ4n) is 1.86. The molecule has 0 amide bonds. The van der Waals surface area contributed by atoms with Gasteiger partial charge in [-0.05, 0) is 42.7 Å². The van der Waals surface area contributed by atoms with Crippen molar-refractivity contribution in [1.82, 2.24) is 4.98 Å². The molecular weight excluding hydrogens is 213 g/mol. The number of fused-ring (bicyclic) bond motifs is 1. The van der Waals surface area contributed by atoms with Gasteiger partial charge < -0.3 is 0 Å². The lowest BCUT2D eigenvalue weighted by atomic mass is 10.1. The van der Waals surface area contributed by atoms with Gasteiger partial charge in [-0.2, -0.15) is 0 Å². The van der Waals surface area contributed by atoms with E-state index in [1.165, 1.54) is 17.7 Å². The third kappa shape index (κ3) is 2.52. The summed E-state index contributed by atoms with van der Waals surface area (Å²) in [4.78, 5) is 4.52. The summed E-state index contributed by atoms with van der Waals surface area (Å²) in [5, 5.41) is 0.997. The molecule has 88 valence electrons. The molecule has 0 saturated carbocycles. The van der Waals surface area contributed by atoms with E-state index < -0.39 is 0 Å². The normalized spacial score (nSPS) is 11.5. The first-order valence-corrected chi connectivity index (χ1v) is 6.00. The minimum atomic E-state index is -0.236. The van der Waals surface area contributed by atoms with Crippen molar-refractivity contribution in [2.24, 2.45) is 0 Å². The molecule has 2 heteroatoms. The van der Waals surface area contributed by atoms with Gasteiger partial charge in [0.15, 0.2) is 0 Å². The van der Waals surface area contributed by atoms with Crippen molar-refractivity contribution >= 4 is 17.0 Å². The van der Waals surface area contributed by atoms with E-state index in [-0.39, 0.29) is 5.82 Å². The summed E-state index contributed by atoms with van der Waals surface area (Å²) >= 11 is 0. The third-order valence-corrected chi connectivity index (χ3v) is 2.78. The number of aryl methyl sites for hydroxylation is 1. The predicted molar refractivity (Wildman–Crippen MR) is 70.4 cm³/mol. The second-order valence-electron chi connectivity index (χ2n) is 4.03. The Morgan fingerprint density at radius 2 is 2.06 bits per heavy atom. The van der Waals surface area contributed by atoms with E-state index in [4.69, 9.17) is 0 Å². The Morgan fingerprint density at radius 3 is 2.76 bits per heavy atom. The Hall–Kier alpha value is -1.70. The van der Waals surface area contributed by atoms with Crippen LogP contribution in [0.2, 0.25) is 0 Å². The fourth-order valence-corrected chi connectivity index (χ4v) is 1.86. The number of halogens is 1. The van der Waals surface area contributed by atoms with E-state index >= 15 is 0 Å². The van der Waals surface area contributed by atoms with E-state index in [2.05, 4.69) is 31.0 Å². The monoisotopic (exact) mass is 229 g/mol. The van der Waals surface area contributed by atoms with Gasteiger partial charge >= 0.3 is 0 Å². The summed E-state index contributed by atoms with van der Waals surface area (Å²) in [6, 6.07) is 6.84. The highest BCUT2D eigenvalue weighted by molar-refractivity contribution is 5.81. The van der Waals surface area contributed by atoms with Crippen molar-refractivity contribution in [2.45, 2.75) is 26.7 Å². The second kappa shape index (κ2) is 5.09. The number of allylic oxidation sites excluding steroid dienone is 1. The Balaban J connectivity index is 2.61. The van der Waals surface area contributed by atoms with Crippen LogP contribution in [0.4, 0.5) is 4.39 Å². The molecule has 0 aliphatic carbocycles. The van der Waals surface area contributed by atoms with E-state index in [1.54, 1.807) is 6.07 Å². The molecule has 0 fully saturated rings. The number of nitrogens with zero attached hydrogens (tertiary/aromatic N) is 1. The van der Waals surface area contributed by atoms with Crippen LogP contribution in [0.15, 0.2) is 30.3 Å². The highest BCUT2D eigenvalue weighted by Crippen LogP contribution is 2.19. The highest BCUT2D eigenvalue weighted by Gasteiger charge is 2.03. The SMILES string of the molecule is CC/C=C/c1nc2cc(F)ccc2cc1CC. The number of hydrogen-bond acceptors (Lipinski definition) is 1. The Bertz CT molecular complexity index is 558. The Labute approximate surface area is 101 Å². The van der Waals surface area contributed by atoms with E-state index in [0.29, 0.717) is 0 Å². The molecule has 1 nitrogen and oxygen atoms in total. The topological polar surface area (TPSA) is 12.9 Å². The zero-order valence-electron chi connectivity index (χ0n) is 10.2. The molecule has 0 N–H and O–H groups in total. The second-order valence-corrected chi connectivity index (χ2v) is 4.03. The zero-order chi connectivity index (χ0) is 12.3. The molecule has 1 aromatic heterocycles. The minimum absolute atomic E-state index is 0.236. The third-order valence-electron chi connectivity index (χ3n) is 2.78. The molecule has 0 atom stereocenters. The molecular formula is C15H16FN. The lowest BCUT2D eigenvalue weighted by molar-refractivity contribution is 0.629. The number of benzene rings is 1. The van der Waals surface area contributed by atoms with Crippen molar-refractivity contribution in [3.8, 4) is 0 Å².